The molecule has 13 heteroatoms. The van der Waals surface area contributed by atoms with Crippen LogP contribution in [-0.4, -0.2) is 37.3 Å². The topological polar surface area (TPSA) is 99.2 Å². The zero-order valence-corrected chi connectivity index (χ0v) is 18.2. The van der Waals surface area contributed by atoms with Gasteiger partial charge in [0.05, 0.1) is 38.0 Å². The van der Waals surface area contributed by atoms with Gasteiger partial charge in [-0.1, -0.05) is 23.2 Å². The van der Waals surface area contributed by atoms with Crippen LogP contribution in [0.2, 0.25) is 10.0 Å². The van der Waals surface area contributed by atoms with Crippen molar-refractivity contribution < 1.29 is 13.0 Å². The highest BCUT2D eigenvalue weighted by molar-refractivity contribution is 7.84. The van der Waals surface area contributed by atoms with Crippen molar-refractivity contribution in [3.63, 3.8) is 0 Å². The molecule has 2 aromatic carbocycles. The van der Waals surface area contributed by atoms with Gasteiger partial charge in [0.15, 0.2) is 11.2 Å². The number of halogens is 4. The van der Waals surface area contributed by atoms with Crippen molar-refractivity contribution in [2.75, 3.05) is 23.1 Å². The molecular formula is C18H15Cl2F2N5O3S. The predicted molar refractivity (Wildman–Crippen MR) is 118 cm³/mol. The summed E-state index contributed by atoms with van der Waals surface area (Å²) in [4.78, 5) is 26.8. The van der Waals surface area contributed by atoms with Crippen LogP contribution >= 0.6 is 23.2 Å². The zero-order valence-electron chi connectivity index (χ0n) is 15.8. The first kappa shape index (κ1) is 21.8. The molecule has 8 nitrogen and oxygen atoms in total. The number of nitrogens with zero attached hydrogens (tertiary/aromatic N) is 2. The first-order chi connectivity index (χ1) is 14.7. The Morgan fingerprint density at radius 2 is 1.81 bits per heavy atom. The molecule has 1 unspecified atom stereocenters. The third-order valence-electron chi connectivity index (χ3n) is 4.79. The number of rotatable bonds is 5. The number of anilines is 3. The van der Waals surface area contributed by atoms with Crippen LogP contribution in [0.25, 0.3) is 10.9 Å². The summed E-state index contributed by atoms with van der Waals surface area (Å²) in [6.07, 6.45) is -1.04. The van der Waals surface area contributed by atoms with Gasteiger partial charge in [0.25, 0.3) is 5.56 Å². The Bertz CT molecular complexity index is 1340. The number of hydrogen-bond acceptors (Lipinski definition) is 4. The van der Waals surface area contributed by atoms with Crippen molar-refractivity contribution >= 4 is 62.3 Å². The largest absolute Gasteiger partial charge is 0.351 e. The molecule has 0 spiro atoms. The fraction of sp³-hybridized carbons (Fsp3) is 0.222. The van der Waals surface area contributed by atoms with Crippen molar-refractivity contribution in [1.82, 2.24) is 13.9 Å². The molecule has 4 rings (SSSR count). The van der Waals surface area contributed by atoms with E-state index in [0.29, 0.717) is 0 Å². The highest BCUT2D eigenvalue weighted by Gasteiger charge is 2.31. The molecule has 1 aliphatic rings. The minimum atomic E-state index is -1.75. The molecule has 1 atom stereocenters. The normalized spacial score (nSPS) is 15.6. The van der Waals surface area contributed by atoms with Gasteiger partial charge >= 0.3 is 5.69 Å². The average molecular weight is 490 g/mol. The lowest BCUT2D eigenvalue weighted by molar-refractivity contribution is 0.148. The fourth-order valence-corrected chi connectivity index (χ4v) is 4.69. The van der Waals surface area contributed by atoms with Gasteiger partial charge in [0.2, 0.25) is 0 Å². The molecule has 2 heterocycles. The standard InChI is InChI=1S/C18H15Cl2F2N5O3S/c1-26-17(28)13-10(24-18(26)29)4-5-11(14(13)19)23-16-9(22)2-3-12(15(16)20)25-31(30)27-6-8(21)7-27/h2-5,8,23,25H,6-7H2,1H3,(H,24,29). The van der Waals surface area contributed by atoms with E-state index in [0.717, 1.165) is 10.6 Å². The molecule has 0 amide bonds. The van der Waals surface area contributed by atoms with E-state index < -0.39 is 34.4 Å². The van der Waals surface area contributed by atoms with Crippen LogP contribution in [0.3, 0.4) is 0 Å². The van der Waals surface area contributed by atoms with Gasteiger partial charge in [-0.25, -0.2) is 22.1 Å². The van der Waals surface area contributed by atoms with Gasteiger partial charge < -0.3 is 10.3 Å². The predicted octanol–water partition coefficient (Wildman–Crippen LogP) is 3.06. The summed E-state index contributed by atoms with van der Waals surface area (Å²) in [7, 11) is 1.30. The minimum absolute atomic E-state index is 0.0211. The van der Waals surface area contributed by atoms with Gasteiger partial charge in [-0.15, -0.1) is 0 Å². The summed E-state index contributed by atoms with van der Waals surface area (Å²) in [6, 6.07) is 5.31. The second kappa shape index (κ2) is 8.23. The average Bonchev–Trinajstić information content (AvgIpc) is 2.70. The Kier molecular flexibility index (Phi) is 5.77. The fourth-order valence-electron chi connectivity index (χ4n) is 3.01. The number of nitrogens with one attached hydrogen (secondary N) is 3. The van der Waals surface area contributed by atoms with E-state index in [9.17, 15) is 22.6 Å². The summed E-state index contributed by atoms with van der Waals surface area (Å²) in [5.74, 6) is -0.723. The van der Waals surface area contributed by atoms with Crippen LogP contribution in [0.15, 0.2) is 33.9 Å². The smallest absolute Gasteiger partial charge is 0.328 e. The number of H-pyrrole nitrogens is 1. The van der Waals surface area contributed by atoms with Crippen LogP contribution < -0.4 is 21.3 Å². The number of aromatic amines is 1. The molecule has 31 heavy (non-hydrogen) atoms. The molecular weight excluding hydrogens is 475 g/mol. The van der Waals surface area contributed by atoms with Crippen molar-refractivity contribution in [3.8, 4) is 0 Å². The summed E-state index contributed by atoms with van der Waals surface area (Å²) < 4.78 is 44.6. The Morgan fingerprint density at radius 3 is 2.48 bits per heavy atom. The van der Waals surface area contributed by atoms with Gasteiger partial charge in [-0.05, 0) is 24.3 Å². The zero-order chi connectivity index (χ0) is 22.4. The third kappa shape index (κ3) is 3.93. The van der Waals surface area contributed by atoms with Gasteiger partial charge in [-0.3, -0.25) is 14.1 Å². The monoisotopic (exact) mass is 489 g/mol. The summed E-state index contributed by atoms with van der Waals surface area (Å²) in [5, 5.41) is 2.63. The Labute approximate surface area is 186 Å². The second-order valence-corrected chi connectivity index (χ2v) is 8.82. The first-order valence-electron chi connectivity index (χ1n) is 8.91. The highest BCUT2D eigenvalue weighted by Crippen LogP contribution is 2.38. The van der Waals surface area contributed by atoms with Crippen molar-refractivity contribution in [3.05, 3.63) is 61.0 Å². The van der Waals surface area contributed by atoms with E-state index in [2.05, 4.69) is 15.0 Å². The number of fused-ring (bicyclic) bond motifs is 1. The van der Waals surface area contributed by atoms with E-state index in [-0.39, 0.29) is 51.1 Å². The second-order valence-electron chi connectivity index (χ2n) is 6.85. The number of alkyl halides is 1. The molecule has 0 aliphatic carbocycles. The SMILES string of the molecule is Cn1c(=O)[nH]c2ccc(Nc3c(F)ccc(NS(=O)N4CC(F)C4)c3Cl)c(Cl)c2c1=O. The summed E-state index contributed by atoms with van der Waals surface area (Å²) in [6.45, 7) is 0.0422. The lowest BCUT2D eigenvalue weighted by Crippen LogP contribution is -2.50. The molecule has 1 aliphatic heterocycles. The quantitative estimate of drug-likeness (QED) is 0.512. The van der Waals surface area contributed by atoms with Crippen LogP contribution in [0, 0.1) is 5.82 Å². The number of aromatic nitrogens is 2. The molecule has 1 aromatic heterocycles. The van der Waals surface area contributed by atoms with Gasteiger partial charge in [0.1, 0.15) is 12.0 Å². The maximum atomic E-state index is 14.5. The van der Waals surface area contributed by atoms with Gasteiger partial charge in [-0.2, -0.15) is 0 Å². The summed E-state index contributed by atoms with van der Waals surface area (Å²) >= 11 is 10.9. The maximum absolute atomic E-state index is 14.5. The van der Waals surface area contributed by atoms with Crippen LogP contribution in [0.5, 0.6) is 0 Å². The summed E-state index contributed by atoms with van der Waals surface area (Å²) in [5.41, 5.74) is -0.842. The Balaban J connectivity index is 1.70. The molecule has 0 bridgehead atoms. The molecule has 164 valence electrons. The van der Waals surface area contributed by atoms with Crippen LogP contribution in [-0.2, 0) is 18.2 Å². The molecule has 3 aromatic rings. The minimum Gasteiger partial charge on any atom is -0.351 e. The lowest BCUT2D eigenvalue weighted by atomic mass is 10.2. The number of hydrogen-bond donors (Lipinski definition) is 3. The van der Waals surface area contributed by atoms with Crippen molar-refractivity contribution in [1.29, 1.82) is 0 Å². The molecule has 1 saturated heterocycles. The lowest BCUT2D eigenvalue weighted by Gasteiger charge is -2.32. The van der Waals surface area contributed by atoms with Crippen LogP contribution in [0.4, 0.5) is 25.8 Å². The molecule has 0 radical (unpaired) electrons. The van der Waals surface area contributed by atoms with E-state index in [4.69, 9.17) is 23.2 Å². The van der Waals surface area contributed by atoms with Crippen LogP contribution in [0.1, 0.15) is 0 Å². The highest BCUT2D eigenvalue weighted by atomic mass is 35.5. The van der Waals surface area contributed by atoms with E-state index >= 15 is 0 Å². The molecule has 1 fully saturated rings. The first-order valence-corrected chi connectivity index (χ1v) is 10.8. The van der Waals surface area contributed by atoms with E-state index in [1.54, 1.807) is 0 Å². The Morgan fingerprint density at radius 1 is 1.13 bits per heavy atom. The maximum Gasteiger partial charge on any atom is 0.328 e. The van der Waals surface area contributed by atoms with Gasteiger partial charge in [0, 0.05) is 20.1 Å². The van der Waals surface area contributed by atoms with Crippen molar-refractivity contribution in [2.24, 2.45) is 7.05 Å². The Hall–Kier alpha value is -2.47. The number of benzene rings is 2. The van der Waals surface area contributed by atoms with E-state index in [1.807, 2.05) is 0 Å². The van der Waals surface area contributed by atoms with E-state index in [1.165, 1.54) is 29.6 Å². The molecule has 3 N–H and O–H groups in total. The van der Waals surface area contributed by atoms with Crippen molar-refractivity contribution in [2.45, 2.75) is 6.17 Å². The molecule has 0 saturated carbocycles. The third-order valence-corrected chi connectivity index (χ3v) is 6.74.